The lowest BCUT2D eigenvalue weighted by Crippen LogP contribution is -2.20. The maximum absolute atomic E-state index is 11.5. The second-order valence-electron chi connectivity index (χ2n) is 4.56. The van der Waals surface area contributed by atoms with Gasteiger partial charge >= 0.3 is 5.97 Å². The van der Waals surface area contributed by atoms with Crippen molar-refractivity contribution in [2.24, 2.45) is 0 Å². The van der Waals surface area contributed by atoms with E-state index in [1.807, 2.05) is 24.3 Å². The van der Waals surface area contributed by atoms with E-state index >= 15 is 0 Å². The summed E-state index contributed by atoms with van der Waals surface area (Å²) in [5.74, 6) is -0.421. The first kappa shape index (κ1) is 13.5. The summed E-state index contributed by atoms with van der Waals surface area (Å²) in [6.45, 7) is 1.40. The van der Waals surface area contributed by atoms with Crippen molar-refractivity contribution in [3.05, 3.63) is 54.0 Å². The fourth-order valence-corrected chi connectivity index (χ4v) is 2.15. The maximum Gasteiger partial charge on any atom is 0.302 e. The number of ketones is 1. The number of esters is 1. The minimum atomic E-state index is -0.294. The molecule has 2 radical (unpaired) electrons. The Hall–Kier alpha value is -1.90. The number of ether oxygens (including phenoxy) is 1. The largest absolute Gasteiger partial charge is 0.462 e. The quantitative estimate of drug-likeness (QED) is 0.724. The Bertz CT molecular complexity index is 502. The lowest BCUT2D eigenvalue weighted by atomic mass is 9.95. The van der Waals surface area contributed by atoms with E-state index in [1.165, 1.54) is 13.0 Å². The lowest BCUT2D eigenvalue weighted by molar-refractivity contribution is -0.146. The van der Waals surface area contributed by atoms with Crippen LogP contribution in [0.4, 0.5) is 0 Å². The highest BCUT2D eigenvalue weighted by Gasteiger charge is 2.15. The molecular weight excluding hydrogens is 240 g/mol. The van der Waals surface area contributed by atoms with E-state index in [0.29, 0.717) is 19.3 Å². The number of hydrogen-bond acceptors (Lipinski definition) is 3. The molecule has 0 aromatic heterocycles. The third-order valence-electron chi connectivity index (χ3n) is 3.02. The minimum absolute atomic E-state index is 0.127. The standard InChI is InChI=1S/C16H16O3/c1-12(17)19-16-8-4-7-15(18)10-9-13-5-2-3-6-14(13)11-16/h2-7,16H,8-9,11H2,1H3/b7-4-. The summed E-state index contributed by atoms with van der Waals surface area (Å²) >= 11 is 0. The molecule has 0 heterocycles. The van der Waals surface area contributed by atoms with Crippen molar-refractivity contribution < 1.29 is 14.3 Å². The zero-order chi connectivity index (χ0) is 13.7. The zero-order valence-electron chi connectivity index (χ0n) is 10.9. The average molecular weight is 256 g/mol. The Morgan fingerprint density at radius 1 is 1.32 bits per heavy atom. The Morgan fingerprint density at radius 2 is 2.05 bits per heavy atom. The number of carbonyl (C=O) groups excluding carboxylic acids is 2. The lowest BCUT2D eigenvalue weighted by Gasteiger charge is -2.18. The molecule has 98 valence electrons. The molecule has 1 aromatic rings. The fourth-order valence-electron chi connectivity index (χ4n) is 2.15. The number of fused-ring (bicyclic) bond motifs is 1. The van der Waals surface area contributed by atoms with Crippen molar-refractivity contribution in [3.63, 3.8) is 0 Å². The van der Waals surface area contributed by atoms with Crippen LogP contribution >= 0.6 is 0 Å². The molecule has 1 aromatic carbocycles. The van der Waals surface area contributed by atoms with Gasteiger partial charge < -0.3 is 4.74 Å². The maximum atomic E-state index is 11.5. The van der Waals surface area contributed by atoms with Crippen molar-refractivity contribution in [2.75, 3.05) is 0 Å². The van der Waals surface area contributed by atoms with Crippen molar-refractivity contribution in [1.82, 2.24) is 0 Å². The molecule has 2 rings (SSSR count). The van der Waals surface area contributed by atoms with Gasteiger partial charge in [-0.15, -0.1) is 0 Å². The van der Waals surface area contributed by atoms with Crippen LogP contribution in [-0.2, 0) is 27.2 Å². The van der Waals surface area contributed by atoms with E-state index in [9.17, 15) is 9.59 Å². The Kier molecular flexibility index (Phi) is 4.50. The predicted octanol–water partition coefficient (Wildman–Crippen LogP) is 2.31. The molecule has 3 nitrogen and oxygen atoms in total. The summed E-state index contributed by atoms with van der Waals surface area (Å²) in [6.07, 6.45) is 7.54. The predicted molar refractivity (Wildman–Crippen MR) is 71.4 cm³/mol. The smallest absolute Gasteiger partial charge is 0.302 e. The van der Waals surface area contributed by atoms with Gasteiger partial charge in [0.1, 0.15) is 6.10 Å². The molecule has 0 aliphatic heterocycles. The summed E-state index contributed by atoms with van der Waals surface area (Å²) in [7, 11) is 0. The highest BCUT2D eigenvalue weighted by atomic mass is 16.5. The molecule has 0 saturated heterocycles. The molecule has 1 aliphatic carbocycles. The minimum Gasteiger partial charge on any atom is -0.462 e. The van der Waals surface area contributed by atoms with Crippen molar-refractivity contribution in [1.29, 1.82) is 0 Å². The molecular formula is C16H16O3. The third kappa shape index (κ3) is 4.05. The second-order valence-corrected chi connectivity index (χ2v) is 4.56. The monoisotopic (exact) mass is 256 g/mol. The van der Waals surface area contributed by atoms with E-state index in [0.717, 1.165) is 11.1 Å². The molecule has 0 fully saturated rings. The summed E-state index contributed by atoms with van der Waals surface area (Å²) in [5.41, 5.74) is 2.16. The van der Waals surface area contributed by atoms with Crippen LogP contribution in [0.25, 0.3) is 0 Å². The molecule has 1 aliphatic rings. The normalized spacial score (nSPS) is 21.3. The topological polar surface area (TPSA) is 43.4 Å². The van der Waals surface area contributed by atoms with Gasteiger partial charge in [0.25, 0.3) is 0 Å². The molecule has 0 spiro atoms. The SMILES string of the molecule is CC(=O)OC1C/C=C\C(=O)[C]Cc2ccccc2C1. The highest BCUT2D eigenvalue weighted by molar-refractivity contribution is 5.97. The van der Waals surface area contributed by atoms with Crippen LogP contribution in [-0.4, -0.2) is 17.9 Å². The van der Waals surface area contributed by atoms with Crippen LogP contribution in [0.5, 0.6) is 0 Å². The van der Waals surface area contributed by atoms with Crippen LogP contribution < -0.4 is 0 Å². The van der Waals surface area contributed by atoms with Gasteiger partial charge in [0.15, 0.2) is 5.78 Å². The van der Waals surface area contributed by atoms with Crippen LogP contribution in [0, 0.1) is 6.42 Å². The first-order valence-electron chi connectivity index (χ1n) is 6.33. The van der Waals surface area contributed by atoms with Gasteiger partial charge in [-0.2, -0.15) is 0 Å². The Labute approximate surface area is 113 Å². The second kappa shape index (κ2) is 6.32. The molecule has 0 bridgehead atoms. The summed E-state index contributed by atoms with van der Waals surface area (Å²) < 4.78 is 5.29. The van der Waals surface area contributed by atoms with Crippen LogP contribution in [0.2, 0.25) is 0 Å². The van der Waals surface area contributed by atoms with E-state index < -0.39 is 0 Å². The number of rotatable bonds is 1. The van der Waals surface area contributed by atoms with Gasteiger partial charge in [-0.3, -0.25) is 9.59 Å². The third-order valence-corrected chi connectivity index (χ3v) is 3.02. The van der Waals surface area contributed by atoms with E-state index in [-0.39, 0.29) is 17.9 Å². The van der Waals surface area contributed by atoms with Crippen molar-refractivity contribution in [3.8, 4) is 0 Å². The molecule has 19 heavy (non-hydrogen) atoms. The summed E-state index contributed by atoms with van der Waals surface area (Å²) in [4.78, 5) is 22.6. The highest BCUT2D eigenvalue weighted by Crippen LogP contribution is 2.18. The van der Waals surface area contributed by atoms with Gasteiger partial charge in [-0.25, -0.2) is 0 Å². The molecule has 3 heteroatoms. The molecule has 1 unspecified atom stereocenters. The Morgan fingerprint density at radius 3 is 2.79 bits per heavy atom. The number of hydrogen-bond donors (Lipinski definition) is 0. The number of benzene rings is 1. The fraction of sp³-hybridized carbons (Fsp3) is 0.312. The average Bonchev–Trinajstić information content (AvgIpc) is 2.36. The van der Waals surface area contributed by atoms with Crippen LogP contribution in [0.1, 0.15) is 24.5 Å². The summed E-state index contributed by atoms with van der Waals surface area (Å²) in [6, 6.07) is 7.87. The van der Waals surface area contributed by atoms with Gasteiger partial charge in [0.05, 0.1) is 6.42 Å². The van der Waals surface area contributed by atoms with E-state index in [1.54, 1.807) is 6.08 Å². The molecule has 0 saturated carbocycles. The van der Waals surface area contributed by atoms with Crippen molar-refractivity contribution >= 4 is 11.8 Å². The summed E-state index contributed by atoms with van der Waals surface area (Å²) in [5, 5.41) is 0. The van der Waals surface area contributed by atoms with Gasteiger partial charge in [-0.05, 0) is 23.6 Å². The number of allylic oxidation sites excluding steroid dienone is 1. The van der Waals surface area contributed by atoms with Crippen LogP contribution in [0.3, 0.4) is 0 Å². The van der Waals surface area contributed by atoms with Gasteiger partial charge in [-0.1, -0.05) is 30.3 Å². The molecule has 1 atom stereocenters. The first-order chi connectivity index (χ1) is 9.15. The van der Waals surface area contributed by atoms with Gasteiger partial charge in [0.2, 0.25) is 0 Å². The Balaban J connectivity index is 2.24. The van der Waals surface area contributed by atoms with Gasteiger partial charge in [0, 0.05) is 19.8 Å². The zero-order valence-corrected chi connectivity index (χ0v) is 10.9. The molecule has 0 N–H and O–H groups in total. The van der Waals surface area contributed by atoms with E-state index in [2.05, 4.69) is 6.42 Å². The van der Waals surface area contributed by atoms with Crippen LogP contribution in [0.15, 0.2) is 36.4 Å². The number of carbonyl (C=O) groups is 2. The van der Waals surface area contributed by atoms with Crippen molar-refractivity contribution in [2.45, 2.75) is 32.3 Å². The molecule has 0 amide bonds. The first-order valence-corrected chi connectivity index (χ1v) is 6.33. The van der Waals surface area contributed by atoms with E-state index in [4.69, 9.17) is 4.74 Å².